The van der Waals surface area contributed by atoms with Crippen LogP contribution in [0.5, 0.6) is 0 Å². The highest BCUT2D eigenvalue weighted by Crippen LogP contribution is 2.50. The van der Waals surface area contributed by atoms with Gasteiger partial charge in [-0.3, -0.25) is 0 Å². The summed E-state index contributed by atoms with van der Waals surface area (Å²) in [4.78, 5) is 0. The molecule has 1 aromatic rings. The Balaban J connectivity index is 1.24. The van der Waals surface area contributed by atoms with Crippen molar-refractivity contribution < 1.29 is 19.7 Å². The summed E-state index contributed by atoms with van der Waals surface area (Å²) >= 11 is 0.982. The number of aliphatic hydroxyl groups is 2. The Morgan fingerprint density at radius 2 is 2.00 bits per heavy atom. The molecule has 0 aromatic carbocycles. The van der Waals surface area contributed by atoms with Gasteiger partial charge in [0.05, 0.1) is 18.3 Å². The van der Waals surface area contributed by atoms with Gasteiger partial charge in [-0.05, 0) is 30.6 Å². The third-order valence-electron chi connectivity index (χ3n) is 7.33. The number of nitrogens with one attached hydrogen (secondary N) is 1. The fraction of sp³-hybridized carbons (Fsp3) is 0.944. The van der Waals surface area contributed by atoms with Crippen molar-refractivity contribution in [2.45, 2.75) is 81.5 Å². The number of hydrogen-bond donors (Lipinski definition) is 3. The zero-order valence-corrected chi connectivity index (χ0v) is 16.2. The lowest BCUT2D eigenvalue weighted by molar-refractivity contribution is -0.231. The first-order valence-corrected chi connectivity index (χ1v) is 11.0. The standard InChI is InChI=1S/C18H28N4O4S/c23-14-13(19-17-20-22-27-21-17)16-25-9-18(26-16,15(14)24)12-7-6-11(8-12)5-4-10-2-1-3-10/h10-16,23-24H,1-9H2,(H,19,21)/t11?,12?,13-,14?,15?,16+,18-/m1/s1. The zero-order valence-electron chi connectivity index (χ0n) is 15.4. The lowest BCUT2D eigenvalue weighted by Gasteiger charge is -2.45. The molecular weight excluding hydrogens is 368 g/mol. The average Bonchev–Trinajstić information content (AvgIpc) is 3.36. The van der Waals surface area contributed by atoms with Gasteiger partial charge < -0.3 is 25.0 Å². The Morgan fingerprint density at radius 1 is 1.15 bits per heavy atom. The second-order valence-electron chi connectivity index (χ2n) is 8.79. The van der Waals surface area contributed by atoms with Crippen LogP contribution in [0.1, 0.15) is 51.4 Å². The van der Waals surface area contributed by atoms with Gasteiger partial charge in [-0.15, -0.1) is 4.37 Å². The van der Waals surface area contributed by atoms with Crippen LogP contribution in [0.15, 0.2) is 0 Å². The minimum atomic E-state index is -0.997. The first-order chi connectivity index (χ1) is 13.2. The molecule has 4 aliphatic rings. The van der Waals surface area contributed by atoms with Crippen LogP contribution in [0.4, 0.5) is 5.95 Å². The van der Waals surface area contributed by atoms with Crippen LogP contribution < -0.4 is 5.32 Å². The molecule has 5 rings (SSSR count). The molecule has 4 fully saturated rings. The van der Waals surface area contributed by atoms with Gasteiger partial charge in [-0.1, -0.05) is 48.1 Å². The van der Waals surface area contributed by atoms with E-state index < -0.39 is 30.1 Å². The highest BCUT2D eigenvalue weighted by molar-refractivity contribution is 6.99. The molecule has 2 bridgehead atoms. The van der Waals surface area contributed by atoms with E-state index in [1.807, 2.05) is 0 Å². The number of hydrogen-bond acceptors (Lipinski definition) is 9. The zero-order chi connectivity index (χ0) is 18.4. The third kappa shape index (κ3) is 3.17. The Bertz CT molecular complexity index is 645. The largest absolute Gasteiger partial charge is 0.388 e. The lowest BCUT2D eigenvalue weighted by atomic mass is 9.76. The summed E-state index contributed by atoms with van der Waals surface area (Å²) in [7, 11) is 0. The van der Waals surface area contributed by atoms with E-state index in [1.165, 1.54) is 38.5 Å². The molecule has 150 valence electrons. The number of aromatic nitrogens is 3. The van der Waals surface area contributed by atoms with Crippen LogP contribution in [-0.2, 0) is 9.47 Å². The van der Waals surface area contributed by atoms with Crippen LogP contribution in [0, 0.1) is 17.8 Å². The lowest BCUT2D eigenvalue weighted by Crippen LogP contribution is -2.65. The molecule has 3 heterocycles. The number of rotatable bonds is 6. The van der Waals surface area contributed by atoms with Crippen molar-refractivity contribution in [3.63, 3.8) is 0 Å². The smallest absolute Gasteiger partial charge is 0.256 e. The van der Waals surface area contributed by atoms with E-state index in [4.69, 9.17) is 9.47 Å². The molecule has 4 unspecified atom stereocenters. The summed E-state index contributed by atoms with van der Waals surface area (Å²) in [6.45, 7) is 0.330. The topological polar surface area (TPSA) is 110 Å². The summed E-state index contributed by atoms with van der Waals surface area (Å²) in [5, 5.41) is 28.6. The molecule has 3 N–H and O–H groups in total. The van der Waals surface area contributed by atoms with E-state index >= 15 is 0 Å². The predicted octanol–water partition coefficient (Wildman–Crippen LogP) is 1.56. The van der Waals surface area contributed by atoms with E-state index in [2.05, 4.69) is 19.3 Å². The Morgan fingerprint density at radius 3 is 2.74 bits per heavy atom. The van der Waals surface area contributed by atoms with Crippen molar-refractivity contribution >= 4 is 17.7 Å². The molecule has 2 aliphatic heterocycles. The van der Waals surface area contributed by atoms with Crippen molar-refractivity contribution in [1.82, 2.24) is 14.0 Å². The van der Waals surface area contributed by atoms with Gasteiger partial charge in [0.15, 0.2) is 6.29 Å². The molecule has 9 heteroatoms. The van der Waals surface area contributed by atoms with Crippen molar-refractivity contribution in [3.05, 3.63) is 0 Å². The molecule has 0 spiro atoms. The van der Waals surface area contributed by atoms with Crippen LogP contribution >= 0.6 is 11.7 Å². The number of anilines is 1. The quantitative estimate of drug-likeness (QED) is 0.665. The maximum Gasteiger partial charge on any atom is 0.256 e. The van der Waals surface area contributed by atoms with Crippen molar-refractivity contribution in [1.29, 1.82) is 0 Å². The van der Waals surface area contributed by atoms with Crippen LogP contribution in [-0.4, -0.2) is 60.9 Å². The summed E-state index contributed by atoms with van der Waals surface area (Å²) in [6.07, 6.45) is 7.52. The third-order valence-corrected chi connectivity index (χ3v) is 7.74. The minimum Gasteiger partial charge on any atom is -0.388 e. The fourth-order valence-electron chi connectivity index (χ4n) is 5.45. The molecule has 0 amide bonds. The summed E-state index contributed by atoms with van der Waals surface area (Å²) in [5.41, 5.74) is -0.790. The second-order valence-corrected chi connectivity index (χ2v) is 9.30. The summed E-state index contributed by atoms with van der Waals surface area (Å²) in [6, 6.07) is -0.608. The summed E-state index contributed by atoms with van der Waals surface area (Å²) < 4.78 is 19.8. The molecule has 0 radical (unpaired) electrons. The highest BCUT2D eigenvalue weighted by atomic mass is 32.1. The molecule has 1 aromatic heterocycles. The van der Waals surface area contributed by atoms with Gasteiger partial charge in [0.1, 0.15) is 23.9 Å². The second kappa shape index (κ2) is 7.18. The maximum atomic E-state index is 11.0. The monoisotopic (exact) mass is 396 g/mol. The molecule has 27 heavy (non-hydrogen) atoms. The van der Waals surface area contributed by atoms with E-state index in [0.29, 0.717) is 18.5 Å². The average molecular weight is 397 g/mol. The summed E-state index contributed by atoms with van der Waals surface area (Å²) in [5.74, 6) is 2.21. The van der Waals surface area contributed by atoms with Crippen LogP contribution in [0.3, 0.4) is 0 Å². The Hall–Kier alpha value is -0.870. The first kappa shape index (κ1) is 18.2. The molecule has 2 saturated heterocycles. The van der Waals surface area contributed by atoms with E-state index in [0.717, 1.165) is 30.5 Å². The van der Waals surface area contributed by atoms with Crippen molar-refractivity contribution in [3.8, 4) is 0 Å². The van der Waals surface area contributed by atoms with Crippen molar-refractivity contribution in [2.24, 2.45) is 17.8 Å². The van der Waals surface area contributed by atoms with Gasteiger partial charge in [0.2, 0.25) is 0 Å². The van der Waals surface area contributed by atoms with Crippen molar-refractivity contribution in [2.75, 3.05) is 11.9 Å². The normalized spacial score (nSPS) is 44.4. The van der Waals surface area contributed by atoms with Crippen LogP contribution in [0.2, 0.25) is 0 Å². The van der Waals surface area contributed by atoms with Gasteiger partial charge in [0.25, 0.3) is 5.95 Å². The Kier molecular flexibility index (Phi) is 4.84. The molecular formula is C18H28N4O4S. The predicted molar refractivity (Wildman–Crippen MR) is 98.1 cm³/mol. The first-order valence-electron chi connectivity index (χ1n) is 10.2. The molecule has 2 saturated carbocycles. The Labute approximate surface area is 163 Å². The SMILES string of the molecule is OC1C(O)[C@]2(C3CCC(CCC4CCC4)C3)CO[C@@H](O2)[C@@H]1Nc1nnsn1. The van der Waals surface area contributed by atoms with Gasteiger partial charge in [-0.2, -0.15) is 0 Å². The minimum absolute atomic E-state index is 0.235. The van der Waals surface area contributed by atoms with Gasteiger partial charge in [0, 0.05) is 0 Å². The number of aliphatic hydroxyl groups excluding tert-OH is 2. The molecule has 2 aliphatic carbocycles. The molecule has 7 atom stereocenters. The maximum absolute atomic E-state index is 11.0. The highest BCUT2D eigenvalue weighted by Gasteiger charge is 2.63. The molecule has 8 nitrogen and oxygen atoms in total. The van der Waals surface area contributed by atoms with E-state index in [-0.39, 0.29) is 5.92 Å². The number of ether oxygens (including phenoxy) is 2. The number of fused-ring (bicyclic) bond motifs is 2. The van der Waals surface area contributed by atoms with Gasteiger partial charge in [-0.25, -0.2) is 0 Å². The van der Waals surface area contributed by atoms with E-state index in [9.17, 15) is 10.2 Å². The fourth-order valence-corrected chi connectivity index (χ4v) is 5.77. The van der Waals surface area contributed by atoms with E-state index in [1.54, 1.807) is 0 Å². The van der Waals surface area contributed by atoms with Crippen LogP contribution in [0.25, 0.3) is 0 Å². The van der Waals surface area contributed by atoms with Gasteiger partial charge >= 0.3 is 0 Å². The number of nitrogens with zero attached hydrogens (tertiary/aromatic N) is 3.